The van der Waals surface area contributed by atoms with Gasteiger partial charge in [0.05, 0.1) is 35.5 Å². The van der Waals surface area contributed by atoms with Gasteiger partial charge in [-0.05, 0) is 54.3 Å². The molecule has 214 valence electrons. The molecule has 2 heterocycles. The van der Waals surface area contributed by atoms with Crippen molar-refractivity contribution in [3.63, 3.8) is 0 Å². The van der Waals surface area contributed by atoms with Crippen molar-refractivity contribution in [2.45, 2.75) is 31.7 Å². The van der Waals surface area contributed by atoms with Crippen LogP contribution in [-0.2, 0) is 16.0 Å². The molecule has 1 aliphatic rings. The maximum Gasteiger partial charge on any atom is 0.145 e. The van der Waals surface area contributed by atoms with Crippen molar-refractivity contribution in [3.8, 4) is 11.3 Å². The molecule has 1 fully saturated rings. The summed E-state index contributed by atoms with van der Waals surface area (Å²) < 4.78 is 0. The number of halogens is 2. The molecule has 0 aliphatic carbocycles. The summed E-state index contributed by atoms with van der Waals surface area (Å²) in [5.74, 6) is 7.74. The van der Waals surface area contributed by atoms with Crippen LogP contribution in [0, 0.1) is 0 Å². The highest BCUT2D eigenvalue weighted by Gasteiger charge is 2.30. The summed E-state index contributed by atoms with van der Waals surface area (Å²) in [4.78, 5) is 37.6. The lowest BCUT2D eigenvalue weighted by Crippen LogP contribution is -2.26. The predicted molar refractivity (Wildman–Crippen MR) is 165 cm³/mol. The number of allylic oxidation sites excluding steroid dienone is 1. The van der Waals surface area contributed by atoms with Crippen LogP contribution in [0.25, 0.3) is 17.0 Å². The number of aliphatic imine (C=N–C) groups is 1. The molecular weight excluding hydrogens is 563 g/mol. The number of aldehydes is 2. The van der Waals surface area contributed by atoms with Crippen molar-refractivity contribution in [1.29, 1.82) is 0 Å². The first-order valence-corrected chi connectivity index (χ1v) is 13.7. The van der Waals surface area contributed by atoms with Crippen molar-refractivity contribution in [3.05, 3.63) is 82.0 Å². The van der Waals surface area contributed by atoms with Gasteiger partial charge < -0.3 is 25.7 Å². The molecule has 1 aromatic heterocycles. The average Bonchev–Trinajstić information content (AvgIpc) is 3.57. The average molecular weight is 596 g/mol. The van der Waals surface area contributed by atoms with Crippen LogP contribution >= 0.6 is 23.2 Å². The maximum absolute atomic E-state index is 11.6. The molecule has 0 spiro atoms. The number of nitrogens with zero attached hydrogens (tertiary/aromatic N) is 4. The lowest BCUT2D eigenvalue weighted by molar-refractivity contribution is -0.107. The minimum absolute atomic E-state index is 0.00743. The number of hydrogen-bond donors (Lipinski definition) is 4. The molecule has 4 rings (SSSR count). The van der Waals surface area contributed by atoms with Gasteiger partial charge in [0, 0.05) is 49.3 Å². The van der Waals surface area contributed by atoms with Gasteiger partial charge in [0.25, 0.3) is 0 Å². The highest BCUT2D eigenvalue weighted by Crippen LogP contribution is 2.35. The standard InChI is InChI=1S/C29H32Cl2N8O2/c1-34-22-7-5-19(14-18(22)4-3-12-40)24-16-35-29(37-24)26-9-10-28(38(26)2)36-23(11-13-41)21-15-20(30)6-8-25(21)39(33)17-27(31)32/h5-8,11-17,26,34H,3-4,9-10,32-33H2,1-2H3,(H,35,37)/b23-11-,27-17-,36-28-. The SMILES string of the molecule is CNc1ccc(-c2cnc(C3CC/C(=N/C(=C\C=O)c4cc(Cl)ccc4N(N)/C=C(\N)Cl)N3C)[nH]2)cc1CCC=O. The molecule has 1 unspecified atom stereocenters. The number of hydrogen-bond acceptors (Lipinski definition) is 8. The predicted octanol–water partition coefficient (Wildman–Crippen LogP) is 4.99. The minimum Gasteiger partial charge on any atom is -0.388 e. The van der Waals surface area contributed by atoms with Gasteiger partial charge in [0.1, 0.15) is 29.4 Å². The number of imidazole rings is 1. The molecule has 1 atom stereocenters. The molecule has 1 aliphatic heterocycles. The van der Waals surface area contributed by atoms with Crippen molar-refractivity contribution < 1.29 is 9.59 Å². The van der Waals surface area contributed by atoms with Crippen LogP contribution in [0.15, 0.2) is 65.0 Å². The number of anilines is 2. The Labute approximate surface area is 248 Å². The number of carbonyl (C=O) groups is 2. The second-order valence-electron chi connectivity index (χ2n) is 9.47. The number of benzene rings is 2. The quantitative estimate of drug-likeness (QED) is 0.0798. The molecule has 0 radical (unpaired) electrons. The van der Waals surface area contributed by atoms with Crippen molar-refractivity contribution >= 4 is 58.7 Å². The summed E-state index contributed by atoms with van der Waals surface area (Å²) in [6.45, 7) is 0. The van der Waals surface area contributed by atoms with Gasteiger partial charge >= 0.3 is 0 Å². The van der Waals surface area contributed by atoms with E-state index < -0.39 is 0 Å². The van der Waals surface area contributed by atoms with Crippen LogP contribution in [0.3, 0.4) is 0 Å². The Hall–Kier alpha value is -4.12. The van der Waals surface area contributed by atoms with Crippen LogP contribution in [-0.4, -0.2) is 47.4 Å². The van der Waals surface area contributed by atoms with Gasteiger partial charge in [-0.25, -0.2) is 15.8 Å². The number of amidine groups is 1. The number of aromatic amines is 1. The normalized spacial score (nSPS) is 16.8. The van der Waals surface area contributed by atoms with Crippen LogP contribution in [0.4, 0.5) is 11.4 Å². The second-order valence-corrected chi connectivity index (χ2v) is 10.3. The lowest BCUT2D eigenvalue weighted by Gasteiger charge is -2.22. The van der Waals surface area contributed by atoms with E-state index in [2.05, 4.69) is 21.4 Å². The van der Waals surface area contributed by atoms with E-state index in [0.717, 1.165) is 46.9 Å². The van der Waals surface area contributed by atoms with Crippen molar-refractivity contribution in [1.82, 2.24) is 14.9 Å². The monoisotopic (exact) mass is 594 g/mol. The molecular formula is C29H32Cl2N8O2. The Bertz CT molecular complexity index is 1510. The third-order valence-corrected chi connectivity index (χ3v) is 7.23. The number of H-pyrrole nitrogens is 1. The number of nitrogens with one attached hydrogen (secondary N) is 2. The molecule has 0 saturated carbocycles. The number of rotatable bonds is 11. The number of aromatic nitrogens is 2. The highest BCUT2D eigenvalue weighted by molar-refractivity contribution is 6.31. The van der Waals surface area contributed by atoms with E-state index in [0.29, 0.717) is 47.5 Å². The van der Waals surface area contributed by atoms with Crippen molar-refractivity contribution in [2.75, 3.05) is 24.4 Å². The fourth-order valence-electron chi connectivity index (χ4n) is 4.88. The molecule has 1 saturated heterocycles. The third kappa shape index (κ3) is 6.97. The van der Waals surface area contributed by atoms with E-state index in [4.69, 9.17) is 39.8 Å². The molecule has 3 aromatic rings. The number of carbonyl (C=O) groups excluding carboxylic acids is 2. The summed E-state index contributed by atoms with van der Waals surface area (Å²) in [5, 5.41) is 4.88. The van der Waals surface area contributed by atoms with E-state index in [1.54, 1.807) is 18.2 Å². The second kappa shape index (κ2) is 13.5. The van der Waals surface area contributed by atoms with Gasteiger partial charge in [-0.3, -0.25) is 9.80 Å². The fraction of sp³-hybridized carbons (Fsp3) is 0.241. The molecule has 41 heavy (non-hydrogen) atoms. The molecule has 0 amide bonds. The number of likely N-dealkylation sites (tertiary alicyclic amines) is 1. The van der Waals surface area contributed by atoms with Crippen LogP contribution < -0.4 is 21.9 Å². The Balaban J connectivity index is 1.61. The largest absolute Gasteiger partial charge is 0.388 e. The first-order valence-electron chi connectivity index (χ1n) is 13.0. The number of hydrazine groups is 1. The van der Waals surface area contributed by atoms with Gasteiger partial charge in [-0.2, -0.15) is 0 Å². The van der Waals surface area contributed by atoms with Crippen molar-refractivity contribution in [2.24, 2.45) is 16.6 Å². The van der Waals surface area contributed by atoms with Crippen LogP contribution in [0.2, 0.25) is 5.02 Å². The topological polar surface area (TPSA) is 146 Å². The molecule has 6 N–H and O–H groups in total. The molecule has 2 aromatic carbocycles. The summed E-state index contributed by atoms with van der Waals surface area (Å²) >= 11 is 12.1. The third-order valence-electron chi connectivity index (χ3n) is 6.89. The number of nitrogens with two attached hydrogens (primary N) is 2. The Morgan fingerprint density at radius 2 is 2.10 bits per heavy atom. The first kappa shape index (κ1) is 29.9. The zero-order valence-electron chi connectivity index (χ0n) is 22.8. The van der Waals surface area contributed by atoms with Crippen LogP contribution in [0.1, 0.15) is 42.3 Å². The van der Waals surface area contributed by atoms with E-state index in [-0.39, 0.29) is 11.2 Å². The summed E-state index contributed by atoms with van der Waals surface area (Å²) in [7, 11) is 3.81. The first-order chi connectivity index (χ1) is 19.7. The maximum atomic E-state index is 11.6. The van der Waals surface area contributed by atoms with E-state index in [9.17, 15) is 9.59 Å². The highest BCUT2D eigenvalue weighted by atomic mass is 35.5. The lowest BCUT2D eigenvalue weighted by atomic mass is 10.0. The minimum atomic E-state index is -0.0464. The van der Waals surface area contributed by atoms with Crippen LogP contribution in [0.5, 0.6) is 0 Å². The Morgan fingerprint density at radius 1 is 1.29 bits per heavy atom. The van der Waals surface area contributed by atoms with E-state index >= 15 is 0 Å². The van der Waals surface area contributed by atoms with E-state index in [1.807, 2.05) is 37.3 Å². The summed E-state index contributed by atoms with van der Waals surface area (Å²) in [6, 6.07) is 11.1. The molecule has 12 heteroatoms. The van der Waals surface area contributed by atoms with Gasteiger partial charge in [-0.1, -0.05) is 29.3 Å². The van der Waals surface area contributed by atoms with Gasteiger partial charge in [0.2, 0.25) is 0 Å². The Morgan fingerprint density at radius 3 is 2.80 bits per heavy atom. The smallest absolute Gasteiger partial charge is 0.145 e. The molecule has 10 nitrogen and oxygen atoms in total. The zero-order chi connectivity index (χ0) is 29.5. The van der Waals surface area contributed by atoms with Gasteiger partial charge in [-0.15, -0.1) is 0 Å². The molecule has 0 bridgehead atoms. The zero-order valence-corrected chi connectivity index (χ0v) is 24.3. The summed E-state index contributed by atoms with van der Waals surface area (Å²) in [6.07, 6.45) is 8.69. The van der Waals surface area contributed by atoms with Gasteiger partial charge in [0.15, 0.2) is 0 Å². The summed E-state index contributed by atoms with van der Waals surface area (Å²) in [5.41, 5.74) is 11.0. The Kier molecular flexibility index (Phi) is 9.82. The number of aryl methyl sites for hydroxylation is 1. The fourth-order valence-corrected chi connectivity index (χ4v) is 5.16. The van der Waals surface area contributed by atoms with E-state index in [1.165, 1.54) is 17.3 Å².